The second kappa shape index (κ2) is 7.18. The van der Waals surface area contributed by atoms with Crippen LogP contribution >= 0.6 is 11.3 Å². The number of nitrogens with zero attached hydrogens (tertiary/aromatic N) is 2. The van der Waals surface area contributed by atoms with Gasteiger partial charge in [-0.15, -0.1) is 0 Å². The van der Waals surface area contributed by atoms with Gasteiger partial charge >= 0.3 is 0 Å². The van der Waals surface area contributed by atoms with Crippen molar-refractivity contribution in [1.29, 1.82) is 0 Å². The zero-order valence-corrected chi connectivity index (χ0v) is 14.9. The summed E-state index contributed by atoms with van der Waals surface area (Å²) in [6, 6.07) is 9.81. The number of likely N-dealkylation sites (tertiary alicyclic amines) is 1. The third-order valence-electron chi connectivity index (χ3n) is 4.46. The summed E-state index contributed by atoms with van der Waals surface area (Å²) in [5.74, 6) is 0.0945. The summed E-state index contributed by atoms with van der Waals surface area (Å²) in [7, 11) is 1.81. The van der Waals surface area contributed by atoms with Gasteiger partial charge in [0.05, 0.1) is 0 Å². The Balaban J connectivity index is 1.69. The van der Waals surface area contributed by atoms with Gasteiger partial charge in [0.2, 0.25) is 11.8 Å². The van der Waals surface area contributed by atoms with Gasteiger partial charge in [-0.2, -0.15) is 11.3 Å². The number of amides is 2. The first kappa shape index (κ1) is 16.7. The highest BCUT2D eigenvalue weighted by Crippen LogP contribution is 2.24. The Kier molecular flexibility index (Phi) is 5.00. The van der Waals surface area contributed by atoms with Crippen LogP contribution in [0.4, 0.5) is 0 Å². The van der Waals surface area contributed by atoms with Gasteiger partial charge in [0.1, 0.15) is 6.04 Å². The van der Waals surface area contributed by atoms with E-state index in [9.17, 15) is 9.59 Å². The van der Waals surface area contributed by atoms with Gasteiger partial charge in [-0.05, 0) is 41.3 Å². The third-order valence-corrected chi connectivity index (χ3v) is 5.19. The Morgan fingerprint density at radius 2 is 2.00 bits per heavy atom. The number of carbonyl (C=O) groups is 2. The van der Waals surface area contributed by atoms with Crippen molar-refractivity contribution < 1.29 is 9.59 Å². The predicted octanol–water partition coefficient (Wildman–Crippen LogP) is 3.21. The maximum absolute atomic E-state index is 12.8. The first-order chi connectivity index (χ1) is 11.5. The average molecular weight is 342 g/mol. The van der Waals surface area contributed by atoms with E-state index in [-0.39, 0.29) is 17.9 Å². The quantitative estimate of drug-likeness (QED) is 0.837. The van der Waals surface area contributed by atoms with E-state index in [0.29, 0.717) is 25.9 Å². The molecular weight excluding hydrogens is 320 g/mol. The van der Waals surface area contributed by atoms with Crippen LogP contribution in [0.25, 0.3) is 0 Å². The summed E-state index contributed by atoms with van der Waals surface area (Å²) >= 11 is 1.63. The molecule has 1 saturated heterocycles. The second-order valence-electron chi connectivity index (χ2n) is 6.39. The van der Waals surface area contributed by atoms with Crippen molar-refractivity contribution in [2.24, 2.45) is 0 Å². The van der Waals surface area contributed by atoms with Gasteiger partial charge in [0.15, 0.2) is 0 Å². The van der Waals surface area contributed by atoms with E-state index in [1.165, 1.54) is 5.56 Å². The van der Waals surface area contributed by atoms with Crippen LogP contribution in [0.15, 0.2) is 41.1 Å². The minimum absolute atomic E-state index is 0.0270. The van der Waals surface area contributed by atoms with Crippen molar-refractivity contribution in [2.75, 3.05) is 7.05 Å². The lowest BCUT2D eigenvalue weighted by atomic mass is 10.1. The fourth-order valence-electron chi connectivity index (χ4n) is 3.07. The highest BCUT2D eigenvalue weighted by molar-refractivity contribution is 7.07. The molecule has 0 bridgehead atoms. The lowest BCUT2D eigenvalue weighted by Gasteiger charge is -2.28. The molecule has 1 atom stereocenters. The molecule has 0 N–H and O–H groups in total. The number of rotatable bonds is 5. The standard InChI is InChI=1S/C19H22N2O2S/c1-14-3-5-15(6-4-14)12-21-17(7-8-18(21)22)19(23)20(2)11-16-9-10-24-13-16/h3-6,9-10,13,17H,7-8,11-12H2,1-2H3. The number of carbonyl (C=O) groups excluding carboxylic acids is 2. The van der Waals surface area contributed by atoms with Crippen LogP contribution in [0, 0.1) is 6.92 Å². The van der Waals surface area contributed by atoms with Gasteiger partial charge in [-0.3, -0.25) is 9.59 Å². The molecule has 5 heteroatoms. The molecule has 0 aliphatic carbocycles. The van der Waals surface area contributed by atoms with Crippen molar-refractivity contribution >= 4 is 23.2 Å². The molecule has 0 saturated carbocycles. The van der Waals surface area contributed by atoms with E-state index < -0.39 is 0 Å². The van der Waals surface area contributed by atoms with Crippen molar-refractivity contribution in [3.63, 3.8) is 0 Å². The van der Waals surface area contributed by atoms with Gasteiger partial charge in [-0.1, -0.05) is 29.8 Å². The fraction of sp³-hybridized carbons (Fsp3) is 0.368. The van der Waals surface area contributed by atoms with E-state index in [2.05, 4.69) is 0 Å². The van der Waals surface area contributed by atoms with Crippen LogP contribution in [0.1, 0.15) is 29.5 Å². The Morgan fingerprint density at radius 3 is 2.67 bits per heavy atom. The minimum Gasteiger partial charge on any atom is -0.340 e. The molecular formula is C19H22N2O2S. The number of hydrogen-bond acceptors (Lipinski definition) is 3. The molecule has 0 radical (unpaired) electrons. The van der Waals surface area contributed by atoms with Crippen molar-refractivity contribution in [2.45, 2.75) is 38.9 Å². The monoisotopic (exact) mass is 342 g/mol. The second-order valence-corrected chi connectivity index (χ2v) is 7.17. The number of thiophene rings is 1. The largest absolute Gasteiger partial charge is 0.340 e. The maximum Gasteiger partial charge on any atom is 0.245 e. The van der Waals surface area contributed by atoms with Crippen LogP contribution in [0.2, 0.25) is 0 Å². The predicted molar refractivity (Wildman–Crippen MR) is 95.5 cm³/mol. The van der Waals surface area contributed by atoms with Gasteiger partial charge < -0.3 is 9.80 Å². The highest BCUT2D eigenvalue weighted by atomic mass is 32.1. The van der Waals surface area contributed by atoms with E-state index in [1.54, 1.807) is 21.1 Å². The summed E-state index contributed by atoms with van der Waals surface area (Å²) in [6.07, 6.45) is 1.06. The molecule has 1 aromatic heterocycles. The van der Waals surface area contributed by atoms with Gasteiger partial charge in [-0.25, -0.2) is 0 Å². The first-order valence-electron chi connectivity index (χ1n) is 8.15. The van der Waals surface area contributed by atoms with Crippen LogP contribution in [0.5, 0.6) is 0 Å². The average Bonchev–Trinajstić information content (AvgIpc) is 3.20. The third kappa shape index (κ3) is 3.67. The molecule has 4 nitrogen and oxygen atoms in total. The van der Waals surface area contributed by atoms with Crippen LogP contribution < -0.4 is 0 Å². The Hall–Kier alpha value is -2.14. The van der Waals surface area contributed by atoms with Crippen molar-refractivity contribution in [3.8, 4) is 0 Å². The number of aryl methyl sites for hydroxylation is 1. The summed E-state index contributed by atoms with van der Waals surface area (Å²) in [5.41, 5.74) is 3.38. The first-order valence-corrected chi connectivity index (χ1v) is 9.10. The van der Waals surface area contributed by atoms with Crippen LogP contribution in [0.3, 0.4) is 0 Å². The summed E-state index contributed by atoms with van der Waals surface area (Å²) < 4.78 is 0. The Bertz CT molecular complexity index is 709. The molecule has 2 heterocycles. The Morgan fingerprint density at radius 1 is 1.25 bits per heavy atom. The molecule has 1 fully saturated rings. The number of hydrogen-bond donors (Lipinski definition) is 0. The Labute approximate surface area is 146 Å². The molecule has 1 unspecified atom stereocenters. The molecule has 1 aromatic carbocycles. The van der Waals surface area contributed by atoms with E-state index in [0.717, 1.165) is 11.1 Å². The molecule has 24 heavy (non-hydrogen) atoms. The topological polar surface area (TPSA) is 40.6 Å². The molecule has 2 aromatic rings. The normalized spacial score (nSPS) is 17.3. The van der Waals surface area contributed by atoms with E-state index in [1.807, 2.05) is 55.1 Å². The lowest BCUT2D eigenvalue weighted by molar-refractivity contribution is -0.141. The zero-order valence-electron chi connectivity index (χ0n) is 14.1. The number of likely N-dealkylation sites (N-methyl/N-ethyl adjacent to an activating group) is 1. The van der Waals surface area contributed by atoms with Crippen molar-refractivity contribution in [1.82, 2.24) is 9.80 Å². The minimum atomic E-state index is -0.345. The molecule has 126 valence electrons. The van der Waals surface area contributed by atoms with Gasteiger partial charge in [0.25, 0.3) is 0 Å². The molecule has 1 aliphatic rings. The summed E-state index contributed by atoms with van der Waals surface area (Å²) in [6.45, 7) is 3.13. The summed E-state index contributed by atoms with van der Waals surface area (Å²) in [5, 5.41) is 4.06. The molecule has 3 rings (SSSR count). The van der Waals surface area contributed by atoms with E-state index >= 15 is 0 Å². The maximum atomic E-state index is 12.8. The van der Waals surface area contributed by atoms with Crippen LogP contribution in [-0.2, 0) is 22.7 Å². The number of benzene rings is 1. The molecule has 2 amide bonds. The lowest BCUT2D eigenvalue weighted by Crippen LogP contribution is -2.44. The van der Waals surface area contributed by atoms with Gasteiger partial charge in [0, 0.05) is 26.6 Å². The van der Waals surface area contributed by atoms with Crippen molar-refractivity contribution in [3.05, 3.63) is 57.8 Å². The fourth-order valence-corrected chi connectivity index (χ4v) is 3.73. The summed E-state index contributed by atoms with van der Waals surface area (Å²) in [4.78, 5) is 28.5. The SMILES string of the molecule is Cc1ccc(CN2C(=O)CCC2C(=O)N(C)Cc2ccsc2)cc1. The van der Waals surface area contributed by atoms with E-state index in [4.69, 9.17) is 0 Å². The highest BCUT2D eigenvalue weighted by Gasteiger charge is 2.37. The smallest absolute Gasteiger partial charge is 0.245 e. The zero-order chi connectivity index (χ0) is 17.1. The molecule has 0 spiro atoms. The van der Waals surface area contributed by atoms with Crippen LogP contribution in [-0.4, -0.2) is 34.7 Å². The molecule has 1 aliphatic heterocycles.